The Morgan fingerprint density at radius 2 is 2.00 bits per heavy atom. The number of rotatable bonds is 5. The molecule has 16 heavy (non-hydrogen) atoms. The molecule has 1 heterocycles. The number of nitrogens with one attached hydrogen (secondary N) is 1. The molecule has 2 atom stereocenters. The Labute approximate surface area is 100 Å². The summed E-state index contributed by atoms with van der Waals surface area (Å²) in [5.41, 5.74) is 0.791. The standard InChI is InChI=1S/C14H27NO/c1-4-13(3)10-12(6-9-16-13)15-11-14(5-2)7-8-14/h12,15H,4-11H2,1-3H3. The third-order valence-corrected chi connectivity index (χ3v) is 4.82. The van der Waals surface area contributed by atoms with E-state index in [4.69, 9.17) is 4.74 Å². The van der Waals surface area contributed by atoms with E-state index in [1.54, 1.807) is 0 Å². The van der Waals surface area contributed by atoms with Crippen molar-refractivity contribution in [2.45, 2.75) is 70.9 Å². The summed E-state index contributed by atoms with van der Waals surface area (Å²) in [4.78, 5) is 0. The SMILES string of the molecule is CCC1(CNC2CCOC(C)(CC)C2)CC1. The molecular formula is C14H27NO. The minimum Gasteiger partial charge on any atom is -0.375 e. The van der Waals surface area contributed by atoms with Crippen molar-refractivity contribution in [2.75, 3.05) is 13.2 Å². The first-order valence-corrected chi connectivity index (χ1v) is 6.99. The van der Waals surface area contributed by atoms with Crippen LogP contribution in [-0.2, 0) is 4.74 Å². The lowest BCUT2D eigenvalue weighted by Crippen LogP contribution is -2.46. The van der Waals surface area contributed by atoms with Gasteiger partial charge in [-0.25, -0.2) is 0 Å². The monoisotopic (exact) mass is 225 g/mol. The summed E-state index contributed by atoms with van der Waals surface area (Å²) in [6, 6.07) is 0.683. The van der Waals surface area contributed by atoms with Crippen LogP contribution in [0.1, 0.15) is 59.3 Å². The fourth-order valence-corrected chi connectivity index (χ4v) is 2.74. The van der Waals surface area contributed by atoms with E-state index < -0.39 is 0 Å². The Hall–Kier alpha value is -0.0800. The largest absolute Gasteiger partial charge is 0.375 e. The lowest BCUT2D eigenvalue weighted by Gasteiger charge is -2.38. The molecule has 0 bridgehead atoms. The van der Waals surface area contributed by atoms with E-state index in [1.807, 2.05) is 0 Å². The van der Waals surface area contributed by atoms with E-state index in [0.29, 0.717) is 11.5 Å². The van der Waals surface area contributed by atoms with Crippen molar-refractivity contribution >= 4 is 0 Å². The van der Waals surface area contributed by atoms with E-state index in [0.717, 1.165) is 13.0 Å². The van der Waals surface area contributed by atoms with Crippen molar-refractivity contribution in [2.24, 2.45) is 5.41 Å². The second-order valence-corrected chi connectivity index (χ2v) is 6.08. The molecule has 0 spiro atoms. The van der Waals surface area contributed by atoms with Gasteiger partial charge in [-0.3, -0.25) is 0 Å². The van der Waals surface area contributed by atoms with E-state index in [9.17, 15) is 0 Å². The summed E-state index contributed by atoms with van der Waals surface area (Å²) in [5, 5.41) is 3.78. The third-order valence-electron chi connectivity index (χ3n) is 4.82. The van der Waals surface area contributed by atoms with E-state index >= 15 is 0 Å². The van der Waals surface area contributed by atoms with Gasteiger partial charge in [-0.05, 0) is 50.9 Å². The Kier molecular flexibility index (Phi) is 3.60. The fraction of sp³-hybridized carbons (Fsp3) is 1.00. The Balaban J connectivity index is 1.77. The van der Waals surface area contributed by atoms with Gasteiger partial charge >= 0.3 is 0 Å². The molecule has 1 N–H and O–H groups in total. The van der Waals surface area contributed by atoms with Crippen LogP contribution in [-0.4, -0.2) is 24.8 Å². The molecule has 0 aromatic rings. The van der Waals surface area contributed by atoms with Gasteiger partial charge in [0.05, 0.1) is 5.60 Å². The van der Waals surface area contributed by atoms with Crippen LogP contribution < -0.4 is 5.32 Å². The first-order chi connectivity index (χ1) is 7.61. The van der Waals surface area contributed by atoms with Crippen LogP contribution in [0.4, 0.5) is 0 Å². The van der Waals surface area contributed by atoms with Crippen molar-refractivity contribution in [3.8, 4) is 0 Å². The van der Waals surface area contributed by atoms with E-state index in [2.05, 4.69) is 26.1 Å². The van der Waals surface area contributed by atoms with Crippen LogP contribution in [0.5, 0.6) is 0 Å². The molecule has 2 aliphatic rings. The summed E-state index contributed by atoms with van der Waals surface area (Å²) >= 11 is 0. The van der Waals surface area contributed by atoms with Gasteiger partial charge in [-0.1, -0.05) is 13.8 Å². The van der Waals surface area contributed by atoms with Crippen LogP contribution in [0.25, 0.3) is 0 Å². The van der Waals surface area contributed by atoms with Gasteiger partial charge in [-0.2, -0.15) is 0 Å². The van der Waals surface area contributed by atoms with Gasteiger partial charge in [0.1, 0.15) is 0 Å². The number of hydrogen-bond acceptors (Lipinski definition) is 2. The van der Waals surface area contributed by atoms with Crippen molar-refractivity contribution in [3.05, 3.63) is 0 Å². The predicted molar refractivity (Wildman–Crippen MR) is 67.6 cm³/mol. The smallest absolute Gasteiger partial charge is 0.0666 e. The summed E-state index contributed by atoms with van der Waals surface area (Å²) < 4.78 is 5.88. The van der Waals surface area contributed by atoms with Gasteiger partial charge in [-0.15, -0.1) is 0 Å². The van der Waals surface area contributed by atoms with Gasteiger partial charge in [0.2, 0.25) is 0 Å². The molecule has 2 nitrogen and oxygen atoms in total. The summed E-state index contributed by atoms with van der Waals surface area (Å²) in [6.07, 6.45) is 7.71. The van der Waals surface area contributed by atoms with Crippen molar-refractivity contribution in [1.29, 1.82) is 0 Å². The minimum atomic E-state index is 0.124. The van der Waals surface area contributed by atoms with Gasteiger partial charge < -0.3 is 10.1 Å². The Morgan fingerprint density at radius 3 is 2.56 bits per heavy atom. The van der Waals surface area contributed by atoms with Crippen LogP contribution in [0.15, 0.2) is 0 Å². The second kappa shape index (κ2) is 4.66. The molecule has 0 amide bonds. The average Bonchev–Trinajstić information content (AvgIpc) is 3.08. The molecule has 1 aliphatic heterocycles. The predicted octanol–water partition coefficient (Wildman–Crippen LogP) is 3.11. The number of ether oxygens (including phenoxy) is 1. The van der Waals surface area contributed by atoms with Crippen LogP contribution in [0, 0.1) is 5.41 Å². The molecule has 0 aromatic carbocycles. The molecule has 0 aromatic heterocycles. The molecule has 2 heteroatoms. The highest BCUT2D eigenvalue weighted by Gasteiger charge is 2.41. The van der Waals surface area contributed by atoms with Gasteiger partial charge in [0.25, 0.3) is 0 Å². The van der Waals surface area contributed by atoms with Gasteiger partial charge in [0.15, 0.2) is 0 Å². The van der Waals surface area contributed by atoms with Crippen molar-refractivity contribution in [3.63, 3.8) is 0 Å². The first-order valence-electron chi connectivity index (χ1n) is 6.99. The third kappa shape index (κ3) is 2.78. The molecule has 1 saturated carbocycles. The zero-order chi connectivity index (χ0) is 11.6. The summed E-state index contributed by atoms with van der Waals surface area (Å²) in [7, 11) is 0. The van der Waals surface area contributed by atoms with Crippen molar-refractivity contribution < 1.29 is 4.74 Å². The van der Waals surface area contributed by atoms with Crippen LogP contribution >= 0.6 is 0 Å². The normalized spacial score (nSPS) is 37.3. The number of hydrogen-bond donors (Lipinski definition) is 1. The molecule has 2 rings (SSSR count). The maximum absolute atomic E-state index is 5.88. The lowest BCUT2D eigenvalue weighted by molar-refractivity contribution is -0.0783. The van der Waals surface area contributed by atoms with Gasteiger partial charge in [0, 0.05) is 19.2 Å². The van der Waals surface area contributed by atoms with Crippen LogP contribution in [0.3, 0.4) is 0 Å². The molecule has 2 unspecified atom stereocenters. The maximum atomic E-state index is 5.88. The highest BCUT2D eigenvalue weighted by molar-refractivity contribution is 4.95. The van der Waals surface area contributed by atoms with Crippen LogP contribution in [0.2, 0.25) is 0 Å². The molecular weight excluding hydrogens is 198 g/mol. The quantitative estimate of drug-likeness (QED) is 0.776. The first kappa shape index (κ1) is 12.4. The minimum absolute atomic E-state index is 0.124. The molecule has 0 radical (unpaired) electrons. The Bertz CT molecular complexity index is 237. The average molecular weight is 225 g/mol. The zero-order valence-corrected chi connectivity index (χ0v) is 11.1. The zero-order valence-electron chi connectivity index (χ0n) is 11.1. The molecule has 2 fully saturated rings. The maximum Gasteiger partial charge on any atom is 0.0666 e. The lowest BCUT2D eigenvalue weighted by atomic mass is 9.89. The Morgan fingerprint density at radius 1 is 1.25 bits per heavy atom. The second-order valence-electron chi connectivity index (χ2n) is 6.08. The van der Waals surface area contributed by atoms with E-state index in [1.165, 1.54) is 38.6 Å². The van der Waals surface area contributed by atoms with Crippen molar-refractivity contribution in [1.82, 2.24) is 5.32 Å². The van der Waals surface area contributed by atoms with E-state index in [-0.39, 0.29) is 5.60 Å². The fourth-order valence-electron chi connectivity index (χ4n) is 2.74. The summed E-state index contributed by atoms with van der Waals surface area (Å²) in [6.45, 7) is 8.98. The topological polar surface area (TPSA) is 21.3 Å². The highest BCUT2D eigenvalue weighted by atomic mass is 16.5. The molecule has 1 aliphatic carbocycles. The highest BCUT2D eigenvalue weighted by Crippen LogP contribution is 2.48. The summed E-state index contributed by atoms with van der Waals surface area (Å²) in [5.74, 6) is 0. The molecule has 94 valence electrons. The molecule has 1 saturated heterocycles.